The molecule has 0 radical (unpaired) electrons. The van der Waals surface area contributed by atoms with Crippen LogP contribution in [0.3, 0.4) is 0 Å². The molecule has 1 aliphatic carbocycles. The molecule has 5 rings (SSSR count). The molecular formula is C20H22N8. The van der Waals surface area contributed by atoms with Crippen molar-refractivity contribution in [2.45, 2.75) is 32.1 Å². The fraction of sp³-hybridized carbons (Fsp3) is 0.350. The second-order valence-corrected chi connectivity index (χ2v) is 7.31. The number of imidazole rings is 1. The Hall–Kier alpha value is -3.29. The minimum atomic E-state index is 0.328. The van der Waals surface area contributed by atoms with Gasteiger partial charge in [-0.05, 0) is 32.4 Å². The lowest BCUT2D eigenvalue weighted by molar-refractivity contribution is 0.779. The molecular weight excluding hydrogens is 352 g/mol. The van der Waals surface area contributed by atoms with Crippen LogP contribution in [0.4, 0.5) is 5.95 Å². The predicted octanol–water partition coefficient (Wildman–Crippen LogP) is 2.87. The average Bonchev–Trinajstić information content (AvgIpc) is 3.33. The molecule has 1 saturated carbocycles. The average molecular weight is 374 g/mol. The number of para-hydroxylation sites is 2. The highest BCUT2D eigenvalue weighted by Gasteiger charge is 2.44. The number of nitrogens with one attached hydrogen (secondary N) is 1. The minimum absolute atomic E-state index is 0.328. The van der Waals surface area contributed by atoms with Crippen molar-refractivity contribution >= 4 is 17.0 Å². The molecule has 28 heavy (non-hydrogen) atoms. The molecule has 1 fully saturated rings. The van der Waals surface area contributed by atoms with Crippen LogP contribution >= 0.6 is 0 Å². The van der Waals surface area contributed by atoms with Gasteiger partial charge in [-0.25, -0.2) is 15.0 Å². The molecule has 0 amide bonds. The van der Waals surface area contributed by atoms with Gasteiger partial charge in [0, 0.05) is 32.0 Å². The molecule has 0 unspecified atom stereocenters. The van der Waals surface area contributed by atoms with E-state index in [1.165, 1.54) is 0 Å². The van der Waals surface area contributed by atoms with Crippen molar-refractivity contribution in [1.82, 2.24) is 34.3 Å². The summed E-state index contributed by atoms with van der Waals surface area (Å²) in [6.45, 7) is 3.81. The molecule has 142 valence electrons. The largest absolute Gasteiger partial charge is 0.357 e. The summed E-state index contributed by atoms with van der Waals surface area (Å²) < 4.78 is 3.97. The highest BCUT2D eigenvalue weighted by atomic mass is 15.4. The van der Waals surface area contributed by atoms with Gasteiger partial charge in [0.25, 0.3) is 0 Å². The fourth-order valence-electron chi connectivity index (χ4n) is 3.90. The number of nitrogens with zero attached hydrogens (tertiary/aromatic N) is 7. The maximum atomic E-state index is 4.87. The summed E-state index contributed by atoms with van der Waals surface area (Å²) in [6.07, 6.45) is 1.03. The lowest BCUT2D eigenvalue weighted by atomic mass is 10.2. The Morgan fingerprint density at radius 3 is 2.57 bits per heavy atom. The van der Waals surface area contributed by atoms with Crippen molar-refractivity contribution in [2.75, 3.05) is 12.4 Å². The third-order valence-corrected chi connectivity index (χ3v) is 5.37. The van der Waals surface area contributed by atoms with E-state index in [4.69, 9.17) is 9.97 Å². The van der Waals surface area contributed by atoms with Crippen LogP contribution in [0.2, 0.25) is 0 Å². The lowest BCUT2D eigenvalue weighted by Crippen LogP contribution is -2.08. The van der Waals surface area contributed by atoms with Gasteiger partial charge in [0.1, 0.15) is 17.5 Å². The number of aryl methyl sites for hydroxylation is 3. The van der Waals surface area contributed by atoms with Crippen LogP contribution in [0.1, 0.15) is 41.4 Å². The number of hydrogen-bond donors (Lipinski definition) is 1. The van der Waals surface area contributed by atoms with E-state index in [1.54, 1.807) is 4.68 Å². The topological polar surface area (TPSA) is 86.3 Å². The highest BCUT2D eigenvalue weighted by molar-refractivity contribution is 5.76. The summed E-state index contributed by atoms with van der Waals surface area (Å²) in [4.78, 5) is 18.5. The number of anilines is 1. The molecule has 3 heterocycles. The molecule has 2 atom stereocenters. The Morgan fingerprint density at radius 2 is 1.86 bits per heavy atom. The van der Waals surface area contributed by atoms with E-state index in [0.29, 0.717) is 17.8 Å². The Balaban J connectivity index is 1.52. The molecule has 4 aromatic rings. The van der Waals surface area contributed by atoms with Crippen LogP contribution in [0, 0.1) is 13.8 Å². The normalized spacial score (nSPS) is 18.6. The first-order chi connectivity index (χ1) is 13.5. The number of hydrogen-bond acceptors (Lipinski definition) is 6. The van der Waals surface area contributed by atoms with Gasteiger partial charge in [-0.2, -0.15) is 9.67 Å². The van der Waals surface area contributed by atoms with Gasteiger partial charge in [-0.3, -0.25) is 0 Å². The van der Waals surface area contributed by atoms with Crippen molar-refractivity contribution in [3.05, 3.63) is 53.5 Å². The van der Waals surface area contributed by atoms with Gasteiger partial charge in [0.15, 0.2) is 5.82 Å². The van der Waals surface area contributed by atoms with E-state index < -0.39 is 0 Å². The quantitative estimate of drug-likeness (QED) is 0.591. The third-order valence-electron chi connectivity index (χ3n) is 5.37. The van der Waals surface area contributed by atoms with Crippen molar-refractivity contribution in [1.29, 1.82) is 0 Å². The molecule has 0 bridgehead atoms. The van der Waals surface area contributed by atoms with E-state index in [1.807, 2.05) is 33.0 Å². The summed E-state index contributed by atoms with van der Waals surface area (Å²) in [5.74, 6) is 4.68. The standard InChI is InChI=1S/C20H22N8/c1-11-22-12(2)28(26-11)18-10-16(24-20(21-3)25-18)13-9-14(13)19-23-15-7-5-6-8-17(15)27(19)4/h5-8,10,13-14H,9H2,1-4H3,(H,21,24,25)/t13-,14-/m0/s1. The van der Waals surface area contributed by atoms with Gasteiger partial charge in [0.05, 0.1) is 16.7 Å². The Kier molecular flexibility index (Phi) is 3.68. The van der Waals surface area contributed by atoms with Crippen LogP contribution in [0.25, 0.3) is 16.9 Å². The van der Waals surface area contributed by atoms with Crippen molar-refractivity contribution in [3.63, 3.8) is 0 Å². The molecule has 3 aromatic heterocycles. The summed E-state index contributed by atoms with van der Waals surface area (Å²) >= 11 is 0. The maximum absolute atomic E-state index is 4.87. The maximum Gasteiger partial charge on any atom is 0.224 e. The predicted molar refractivity (Wildman–Crippen MR) is 107 cm³/mol. The summed E-state index contributed by atoms with van der Waals surface area (Å²) in [7, 11) is 3.92. The lowest BCUT2D eigenvalue weighted by Gasteiger charge is -2.08. The first kappa shape index (κ1) is 16.9. The number of aromatic nitrogens is 7. The van der Waals surface area contributed by atoms with Gasteiger partial charge >= 0.3 is 0 Å². The fourth-order valence-corrected chi connectivity index (χ4v) is 3.90. The van der Waals surface area contributed by atoms with E-state index in [2.05, 4.69) is 50.2 Å². The highest BCUT2D eigenvalue weighted by Crippen LogP contribution is 2.54. The first-order valence-corrected chi connectivity index (χ1v) is 9.44. The van der Waals surface area contributed by atoms with Crippen LogP contribution in [-0.2, 0) is 7.05 Å². The van der Waals surface area contributed by atoms with Gasteiger partial charge in [-0.15, -0.1) is 5.10 Å². The molecule has 8 heteroatoms. The molecule has 1 aromatic carbocycles. The van der Waals surface area contributed by atoms with Crippen LogP contribution in [-0.4, -0.2) is 41.3 Å². The Bertz CT molecular complexity index is 1190. The smallest absolute Gasteiger partial charge is 0.224 e. The zero-order valence-corrected chi connectivity index (χ0v) is 16.4. The summed E-state index contributed by atoms with van der Waals surface area (Å²) in [5.41, 5.74) is 3.22. The molecule has 8 nitrogen and oxygen atoms in total. The van der Waals surface area contributed by atoms with Crippen LogP contribution < -0.4 is 5.32 Å². The number of rotatable bonds is 4. The molecule has 1 aliphatic rings. The van der Waals surface area contributed by atoms with Crippen LogP contribution in [0.15, 0.2) is 30.3 Å². The number of benzene rings is 1. The summed E-state index contributed by atoms with van der Waals surface area (Å²) in [6, 6.07) is 10.3. The van der Waals surface area contributed by atoms with Gasteiger partial charge < -0.3 is 9.88 Å². The Labute approximate surface area is 162 Å². The zero-order chi connectivity index (χ0) is 19.4. The van der Waals surface area contributed by atoms with E-state index in [0.717, 1.165) is 46.4 Å². The minimum Gasteiger partial charge on any atom is -0.357 e. The van der Waals surface area contributed by atoms with Crippen molar-refractivity contribution in [3.8, 4) is 5.82 Å². The molecule has 0 aliphatic heterocycles. The van der Waals surface area contributed by atoms with E-state index >= 15 is 0 Å². The SMILES string of the molecule is CNc1nc([C@H]2C[C@@H]2c2nc3ccccc3n2C)cc(-n2nc(C)nc2C)n1. The van der Waals surface area contributed by atoms with E-state index in [-0.39, 0.29) is 0 Å². The monoisotopic (exact) mass is 374 g/mol. The molecule has 0 saturated heterocycles. The van der Waals surface area contributed by atoms with Gasteiger partial charge in [-0.1, -0.05) is 12.1 Å². The second-order valence-electron chi connectivity index (χ2n) is 7.31. The summed E-state index contributed by atoms with van der Waals surface area (Å²) in [5, 5.41) is 7.54. The second kappa shape index (κ2) is 6.12. The first-order valence-electron chi connectivity index (χ1n) is 9.44. The van der Waals surface area contributed by atoms with Crippen LogP contribution in [0.5, 0.6) is 0 Å². The molecule has 0 spiro atoms. The third kappa shape index (κ3) is 2.64. The van der Waals surface area contributed by atoms with Crippen molar-refractivity contribution < 1.29 is 0 Å². The Morgan fingerprint density at radius 1 is 1.04 bits per heavy atom. The number of fused-ring (bicyclic) bond motifs is 1. The van der Waals surface area contributed by atoms with E-state index in [9.17, 15) is 0 Å². The zero-order valence-electron chi connectivity index (χ0n) is 16.4. The van der Waals surface area contributed by atoms with Crippen molar-refractivity contribution in [2.24, 2.45) is 7.05 Å². The van der Waals surface area contributed by atoms with Gasteiger partial charge in [0.2, 0.25) is 5.95 Å². The molecule has 1 N–H and O–H groups in total.